The zero-order valence-corrected chi connectivity index (χ0v) is 16.1. The molecular formula is C19H17BrClNO4. The van der Waals surface area contributed by atoms with Gasteiger partial charge in [-0.15, -0.1) is 0 Å². The maximum absolute atomic E-state index is 12.7. The topological polar surface area (TPSA) is 66.8 Å². The summed E-state index contributed by atoms with van der Waals surface area (Å²) in [5.41, 5.74) is 1.31. The van der Waals surface area contributed by atoms with Crippen LogP contribution in [0, 0.1) is 0 Å². The van der Waals surface area contributed by atoms with Crippen LogP contribution in [0.2, 0.25) is 5.02 Å². The number of aliphatic carboxylic acids is 1. The molecule has 1 fully saturated rings. The molecule has 0 aliphatic heterocycles. The summed E-state index contributed by atoms with van der Waals surface area (Å²) in [5.74, 6) is -1.11. The first-order valence-electron chi connectivity index (χ1n) is 8.14. The summed E-state index contributed by atoms with van der Waals surface area (Å²) in [6, 6.07) is 12.8. The van der Waals surface area contributed by atoms with E-state index >= 15 is 0 Å². The molecule has 1 atom stereocenters. The van der Waals surface area contributed by atoms with Crippen molar-refractivity contribution >= 4 is 39.6 Å². The van der Waals surface area contributed by atoms with E-state index in [1.165, 1.54) is 4.90 Å². The Morgan fingerprint density at radius 2 is 1.92 bits per heavy atom. The fraction of sp³-hybridized carbons (Fsp3) is 0.263. The second kappa shape index (κ2) is 8.10. The minimum absolute atomic E-state index is 0.0943. The van der Waals surface area contributed by atoms with Gasteiger partial charge in [0.1, 0.15) is 6.61 Å². The number of ether oxygens (including phenoxy) is 1. The molecule has 2 aromatic carbocycles. The van der Waals surface area contributed by atoms with Crippen molar-refractivity contribution < 1.29 is 19.4 Å². The van der Waals surface area contributed by atoms with Crippen LogP contribution in [0.4, 0.5) is 4.79 Å². The van der Waals surface area contributed by atoms with Gasteiger partial charge >= 0.3 is 12.1 Å². The Labute approximate surface area is 164 Å². The molecule has 0 spiro atoms. The number of hydrogen-bond donors (Lipinski definition) is 1. The number of carboxylic acids is 1. The molecule has 1 unspecified atom stereocenters. The minimum atomic E-state index is -1.14. The van der Waals surface area contributed by atoms with Crippen LogP contribution in [0.1, 0.15) is 30.0 Å². The quantitative estimate of drug-likeness (QED) is 0.687. The van der Waals surface area contributed by atoms with Gasteiger partial charge in [-0.1, -0.05) is 63.9 Å². The van der Waals surface area contributed by atoms with Gasteiger partial charge in [-0.3, -0.25) is 4.90 Å². The van der Waals surface area contributed by atoms with Gasteiger partial charge in [0.05, 0.1) is 0 Å². The lowest BCUT2D eigenvalue weighted by Crippen LogP contribution is -2.41. The van der Waals surface area contributed by atoms with E-state index < -0.39 is 18.1 Å². The second-order valence-corrected chi connectivity index (χ2v) is 7.38. The van der Waals surface area contributed by atoms with E-state index in [4.69, 9.17) is 16.3 Å². The van der Waals surface area contributed by atoms with Crippen molar-refractivity contribution in [3.8, 4) is 0 Å². The second-order valence-electron chi connectivity index (χ2n) is 6.09. The SMILES string of the molecule is O=C(O)C(c1ccc(Cl)cc1Br)N(C(=O)OCc1ccccc1)C1CC1. The van der Waals surface area contributed by atoms with Crippen molar-refractivity contribution in [2.75, 3.05) is 0 Å². The normalized spacial score (nSPS) is 14.5. The average Bonchev–Trinajstić information content (AvgIpc) is 3.44. The molecule has 0 bridgehead atoms. The van der Waals surface area contributed by atoms with Gasteiger partial charge in [0.2, 0.25) is 0 Å². The fourth-order valence-electron chi connectivity index (χ4n) is 2.74. The molecule has 26 heavy (non-hydrogen) atoms. The number of carbonyl (C=O) groups is 2. The van der Waals surface area contributed by atoms with Crippen molar-refractivity contribution in [3.05, 3.63) is 69.2 Å². The van der Waals surface area contributed by atoms with E-state index in [1.54, 1.807) is 18.2 Å². The highest BCUT2D eigenvalue weighted by Crippen LogP contribution is 2.38. The third-order valence-corrected chi connectivity index (χ3v) is 5.05. The van der Waals surface area contributed by atoms with Crippen LogP contribution in [0.15, 0.2) is 53.0 Å². The summed E-state index contributed by atoms with van der Waals surface area (Å²) in [6.07, 6.45) is 0.885. The molecule has 2 aromatic rings. The fourth-order valence-corrected chi connectivity index (χ4v) is 3.64. The van der Waals surface area contributed by atoms with Crippen LogP contribution in [0.25, 0.3) is 0 Å². The Kier molecular flexibility index (Phi) is 5.84. The maximum atomic E-state index is 12.7. The van der Waals surface area contributed by atoms with Crippen molar-refractivity contribution in [1.29, 1.82) is 0 Å². The predicted molar refractivity (Wildman–Crippen MR) is 101 cm³/mol. The largest absolute Gasteiger partial charge is 0.479 e. The molecule has 0 saturated heterocycles. The molecule has 1 aliphatic rings. The van der Waals surface area contributed by atoms with Crippen LogP contribution in [-0.4, -0.2) is 28.1 Å². The van der Waals surface area contributed by atoms with Crippen LogP contribution >= 0.6 is 27.5 Å². The van der Waals surface area contributed by atoms with Crippen LogP contribution in [0.5, 0.6) is 0 Å². The third kappa shape index (κ3) is 4.37. The molecule has 1 aliphatic carbocycles. The third-order valence-electron chi connectivity index (χ3n) is 4.13. The molecule has 5 nitrogen and oxygen atoms in total. The highest BCUT2D eigenvalue weighted by atomic mass is 79.9. The number of carbonyl (C=O) groups excluding carboxylic acids is 1. The Morgan fingerprint density at radius 1 is 1.23 bits per heavy atom. The maximum Gasteiger partial charge on any atom is 0.411 e. The van der Waals surface area contributed by atoms with E-state index in [-0.39, 0.29) is 12.6 Å². The number of rotatable bonds is 6. The van der Waals surface area contributed by atoms with Gasteiger partial charge < -0.3 is 9.84 Å². The summed E-state index contributed by atoms with van der Waals surface area (Å²) >= 11 is 9.31. The van der Waals surface area contributed by atoms with Crippen LogP contribution in [-0.2, 0) is 16.1 Å². The molecule has 0 heterocycles. The summed E-state index contributed by atoms with van der Waals surface area (Å²) in [7, 11) is 0. The lowest BCUT2D eigenvalue weighted by Gasteiger charge is -2.29. The highest BCUT2D eigenvalue weighted by Gasteiger charge is 2.43. The lowest BCUT2D eigenvalue weighted by molar-refractivity contribution is -0.143. The van der Waals surface area contributed by atoms with Gasteiger partial charge in [-0.05, 0) is 30.5 Å². The van der Waals surface area contributed by atoms with E-state index in [2.05, 4.69) is 15.9 Å². The lowest BCUT2D eigenvalue weighted by atomic mass is 10.1. The van der Waals surface area contributed by atoms with Gasteiger partial charge in [-0.2, -0.15) is 0 Å². The number of nitrogens with zero attached hydrogens (tertiary/aromatic N) is 1. The molecule has 7 heteroatoms. The van der Waals surface area contributed by atoms with Crippen molar-refractivity contribution in [3.63, 3.8) is 0 Å². The molecule has 1 saturated carbocycles. The molecule has 0 aromatic heterocycles. The smallest absolute Gasteiger partial charge is 0.411 e. The zero-order chi connectivity index (χ0) is 18.7. The van der Waals surface area contributed by atoms with E-state index in [0.717, 1.165) is 18.4 Å². The van der Waals surface area contributed by atoms with Gasteiger partial charge in [0.15, 0.2) is 6.04 Å². The van der Waals surface area contributed by atoms with Crippen molar-refractivity contribution in [2.24, 2.45) is 0 Å². The molecule has 1 amide bonds. The minimum Gasteiger partial charge on any atom is -0.479 e. The Balaban J connectivity index is 1.84. The van der Waals surface area contributed by atoms with Gasteiger partial charge in [-0.25, -0.2) is 9.59 Å². The molecular weight excluding hydrogens is 422 g/mol. The average molecular weight is 439 g/mol. The monoisotopic (exact) mass is 437 g/mol. The zero-order valence-electron chi connectivity index (χ0n) is 13.8. The van der Waals surface area contributed by atoms with Crippen LogP contribution in [0.3, 0.4) is 0 Å². The van der Waals surface area contributed by atoms with Gasteiger partial charge in [0.25, 0.3) is 0 Å². The Bertz CT molecular complexity index is 810. The summed E-state index contributed by atoms with van der Waals surface area (Å²) in [6.45, 7) is 0.0943. The summed E-state index contributed by atoms with van der Waals surface area (Å²) in [5, 5.41) is 10.3. The van der Waals surface area contributed by atoms with E-state index in [9.17, 15) is 14.7 Å². The number of amides is 1. The van der Waals surface area contributed by atoms with Crippen molar-refractivity contribution in [2.45, 2.75) is 31.5 Å². The van der Waals surface area contributed by atoms with Crippen LogP contribution < -0.4 is 0 Å². The van der Waals surface area contributed by atoms with E-state index in [1.807, 2.05) is 30.3 Å². The van der Waals surface area contributed by atoms with E-state index in [0.29, 0.717) is 15.1 Å². The Morgan fingerprint density at radius 3 is 2.50 bits per heavy atom. The Hall–Kier alpha value is -2.05. The summed E-state index contributed by atoms with van der Waals surface area (Å²) in [4.78, 5) is 26.0. The number of halogens is 2. The first kappa shape index (κ1) is 18.7. The highest BCUT2D eigenvalue weighted by molar-refractivity contribution is 9.10. The summed E-state index contributed by atoms with van der Waals surface area (Å²) < 4.78 is 5.93. The molecule has 3 rings (SSSR count). The molecule has 136 valence electrons. The predicted octanol–water partition coefficient (Wildman–Crippen LogP) is 5.03. The number of hydrogen-bond acceptors (Lipinski definition) is 3. The van der Waals surface area contributed by atoms with Crippen molar-refractivity contribution in [1.82, 2.24) is 4.90 Å². The molecule has 0 radical (unpaired) electrons. The standard InChI is InChI=1S/C19H17BrClNO4/c20-16-10-13(21)6-9-15(16)17(18(23)24)22(14-7-8-14)19(25)26-11-12-4-2-1-3-5-12/h1-6,9-10,14,17H,7-8,11H2,(H,23,24). The van der Waals surface area contributed by atoms with Gasteiger partial charge in [0, 0.05) is 21.1 Å². The number of carboxylic acid groups (broad SMARTS) is 1. The first-order valence-corrected chi connectivity index (χ1v) is 9.31. The number of benzene rings is 2. The first-order chi connectivity index (χ1) is 12.5. The molecule has 1 N–H and O–H groups in total.